The second-order valence-corrected chi connectivity index (χ2v) is 7.45. The fourth-order valence-electron chi connectivity index (χ4n) is 4.25. The summed E-state index contributed by atoms with van der Waals surface area (Å²) in [5.74, 6) is 0.177. The zero-order valence-corrected chi connectivity index (χ0v) is 15.5. The fourth-order valence-corrected chi connectivity index (χ4v) is 4.25. The highest BCUT2D eigenvalue weighted by Gasteiger charge is 2.37. The molecule has 0 aliphatic carbocycles. The molecule has 27 heavy (non-hydrogen) atoms. The van der Waals surface area contributed by atoms with E-state index in [1.54, 1.807) is 11.1 Å². The Kier molecular flexibility index (Phi) is 5.23. The van der Waals surface area contributed by atoms with Gasteiger partial charge in [-0.05, 0) is 37.3 Å². The van der Waals surface area contributed by atoms with E-state index in [0.717, 1.165) is 44.3 Å². The zero-order valence-electron chi connectivity index (χ0n) is 15.5. The second kappa shape index (κ2) is 7.94. The lowest BCUT2D eigenvalue weighted by atomic mass is 10.0. The van der Waals surface area contributed by atoms with Crippen LogP contribution in [0.25, 0.3) is 0 Å². The van der Waals surface area contributed by atoms with E-state index in [-0.39, 0.29) is 17.9 Å². The van der Waals surface area contributed by atoms with E-state index in [1.165, 1.54) is 0 Å². The van der Waals surface area contributed by atoms with Crippen LogP contribution in [0.2, 0.25) is 0 Å². The molecule has 2 aliphatic rings. The van der Waals surface area contributed by atoms with E-state index in [2.05, 4.69) is 5.10 Å². The Morgan fingerprint density at radius 1 is 1.00 bits per heavy atom. The molecule has 2 fully saturated rings. The third kappa shape index (κ3) is 3.89. The summed E-state index contributed by atoms with van der Waals surface area (Å²) in [6, 6.07) is 11.8. The van der Waals surface area contributed by atoms with Crippen LogP contribution in [0.4, 0.5) is 0 Å². The first-order valence-electron chi connectivity index (χ1n) is 9.83. The van der Waals surface area contributed by atoms with Crippen molar-refractivity contribution in [1.29, 1.82) is 0 Å². The van der Waals surface area contributed by atoms with Crippen molar-refractivity contribution in [2.24, 2.45) is 0 Å². The minimum atomic E-state index is -0.289. The number of amides is 2. The molecule has 0 spiro atoms. The Bertz CT molecular complexity index is 767. The molecule has 3 heterocycles. The van der Waals surface area contributed by atoms with Gasteiger partial charge in [0.25, 0.3) is 0 Å². The Labute approximate surface area is 159 Å². The summed E-state index contributed by atoms with van der Waals surface area (Å²) in [6.45, 7) is 2.16. The molecule has 6 nitrogen and oxygen atoms in total. The van der Waals surface area contributed by atoms with Crippen LogP contribution in [0.1, 0.15) is 37.3 Å². The molecule has 2 aliphatic heterocycles. The maximum absolute atomic E-state index is 13.1. The van der Waals surface area contributed by atoms with Crippen LogP contribution in [0.5, 0.6) is 0 Å². The number of likely N-dealkylation sites (tertiary alicyclic amines) is 2. The van der Waals surface area contributed by atoms with Gasteiger partial charge in [-0.15, -0.1) is 0 Å². The molecule has 142 valence electrons. The maximum Gasteiger partial charge on any atom is 0.245 e. The Morgan fingerprint density at radius 2 is 1.78 bits per heavy atom. The molecule has 6 heteroatoms. The highest BCUT2D eigenvalue weighted by Crippen LogP contribution is 2.26. The summed E-state index contributed by atoms with van der Waals surface area (Å²) >= 11 is 0. The average molecular weight is 366 g/mol. The average Bonchev–Trinajstić information content (AvgIpc) is 3.40. The van der Waals surface area contributed by atoms with E-state index >= 15 is 0 Å². The number of benzene rings is 1. The first-order valence-corrected chi connectivity index (χ1v) is 9.83. The predicted octanol–water partition coefficient (Wildman–Crippen LogP) is 2.28. The molecular formula is C21H26N4O2. The van der Waals surface area contributed by atoms with Crippen LogP contribution in [-0.2, 0) is 16.0 Å². The number of rotatable bonds is 4. The molecule has 1 aromatic carbocycles. The number of nitrogens with zero attached hydrogens (tertiary/aromatic N) is 4. The fraction of sp³-hybridized carbons (Fsp3) is 0.476. The quantitative estimate of drug-likeness (QED) is 0.834. The standard InChI is InChI=1S/C21H26N4O2/c26-20(16-17-6-2-1-3-7-17)24-12-4-8-19(24)21(27)23-14-9-18(10-15-23)25-13-5-11-22-25/h1-3,5-7,11,13,18-19H,4,8-10,12,14-16H2. The van der Waals surface area contributed by atoms with E-state index in [4.69, 9.17) is 0 Å². The van der Waals surface area contributed by atoms with Gasteiger partial charge in [0.1, 0.15) is 6.04 Å². The van der Waals surface area contributed by atoms with Gasteiger partial charge < -0.3 is 9.80 Å². The van der Waals surface area contributed by atoms with E-state index in [1.807, 2.05) is 52.2 Å². The third-order valence-corrected chi connectivity index (χ3v) is 5.73. The molecule has 2 aromatic rings. The van der Waals surface area contributed by atoms with Gasteiger partial charge >= 0.3 is 0 Å². The van der Waals surface area contributed by atoms with Crippen molar-refractivity contribution >= 4 is 11.8 Å². The summed E-state index contributed by atoms with van der Waals surface area (Å²) in [5.41, 5.74) is 1.00. The van der Waals surface area contributed by atoms with Gasteiger partial charge in [-0.25, -0.2) is 0 Å². The highest BCUT2D eigenvalue weighted by molar-refractivity contribution is 5.89. The van der Waals surface area contributed by atoms with Crippen LogP contribution in [0.15, 0.2) is 48.8 Å². The minimum Gasteiger partial charge on any atom is -0.341 e. The lowest BCUT2D eigenvalue weighted by Gasteiger charge is -2.35. The van der Waals surface area contributed by atoms with E-state index in [9.17, 15) is 9.59 Å². The number of carbonyl (C=O) groups excluding carboxylic acids is 2. The minimum absolute atomic E-state index is 0.0588. The SMILES string of the molecule is O=C(C1CCCN1C(=O)Cc1ccccc1)N1CCC(n2cccn2)CC1. The normalized spacial score (nSPS) is 20.8. The van der Waals surface area contributed by atoms with Crippen molar-refractivity contribution < 1.29 is 9.59 Å². The topological polar surface area (TPSA) is 58.4 Å². The number of piperidine rings is 1. The monoisotopic (exact) mass is 366 g/mol. The number of aromatic nitrogens is 2. The number of hydrogen-bond donors (Lipinski definition) is 0. The van der Waals surface area contributed by atoms with Gasteiger partial charge in [-0.2, -0.15) is 5.10 Å². The van der Waals surface area contributed by atoms with Gasteiger partial charge in [0.15, 0.2) is 0 Å². The summed E-state index contributed by atoms with van der Waals surface area (Å²) in [5, 5.41) is 4.32. The van der Waals surface area contributed by atoms with Crippen molar-refractivity contribution in [3.63, 3.8) is 0 Å². The molecule has 1 atom stereocenters. The second-order valence-electron chi connectivity index (χ2n) is 7.45. The smallest absolute Gasteiger partial charge is 0.245 e. The van der Waals surface area contributed by atoms with Crippen LogP contribution in [0, 0.1) is 0 Å². The predicted molar refractivity (Wildman–Crippen MR) is 102 cm³/mol. The lowest BCUT2D eigenvalue weighted by Crippen LogP contribution is -2.50. The summed E-state index contributed by atoms with van der Waals surface area (Å²) in [7, 11) is 0. The third-order valence-electron chi connectivity index (χ3n) is 5.73. The Balaban J connectivity index is 1.36. The van der Waals surface area contributed by atoms with Crippen LogP contribution < -0.4 is 0 Å². The van der Waals surface area contributed by atoms with Crippen molar-refractivity contribution in [1.82, 2.24) is 19.6 Å². The largest absolute Gasteiger partial charge is 0.341 e. The lowest BCUT2D eigenvalue weighted by molar-refractivity contribution is -0.144. The van der Waals surface area contributed by atoms with Crippen molar-refractivity contribution in [2.45, 2.75) is 44.2 Å². The molecular weight excluding hydrogens is 340 g/mol. The molecule has 4 rings (SSSR count). The maximum atomic E-state index is 13.1. The van der Waals surface area contributed by atoms with Gasteiger partial charge in [-0.3, -0.25) is 14.3 Å². The highest BCUT2D eigenvalue weighted by atomic mass is 16.2. The van der Waals surface area contributed by atoms with Crippen molar-refractivity contribution in [2.75, 3.05) is 19.6 Å². The van der Waals surface area contributed by atoms with Crippen molar-refractivity contribution in [3.8, 4) is 0 Å². The van der Waals surface area contributed by atoms with Gasteiger partial charge in [0.2, 0.25) is 11.8 Å². The zero-order chi connectivity index (χ0) is 18.6. The molecule has 0 saturated carbocycles. The molecule has 0 bridgehead atoms. The van der Waals surface area contributed by atoms with Crippen molar-refractivity contribution in [3.05, 3.63) is 54.4 Å². The van der Waals surface area contributed by atoms with Crippen LogP contribution >= 0.6 is 0 Å². The Hall–Kier alpha value is -2.63. The van der Waals surface area contributed by atoms with Crippen LogP contribution in [0.3, 0.4) is 0 Å². The van der Waals surface area contributed by atoms with Gasteiger partial charge in [0.05, 0.1) is 12.5 Å². The summed E-state index contributed by atoms with van der Waals surface area (Å²) in [4.78, 5) is 29.6. The van der Waals surface area contributed by atoms with Gasteiger partial charge in [0, 0.05) is 32.0 Å². The first-order chi connectivity index (χ1) is 13.2. The van der Waals surface area contributed by atoms with E-state index < -0.39 is 0 Å². The number of hydrogen-bond acceptors (Lipinski definition) is 3. The summed E-state index contributed by atoms with van der Waals surface area (Å²) in [6.07, 6.45) is 7.66. The number of carbonyl (C=O) groups is 2. The molecule has 1 unspecified atom stereocenters. The van der Waals surface area contributed by atoms with Crippen LogP contribution in [-0.4, -0.2) is 57.1 Å². The van der Waals surface area contributed by atoms with Gasteiger partial charge in [-0.1, -0.05) is 30.3 Å². The molecule has 2 saturated heterocycles. The summed E-state index contributed by atoms with van der Waals surface area (Å²) < 4.78 is 1.99. The first kappa shape index (κ1) is 17.8. The Morgan fingerprint density at radius 3 is 2.48 bits per heavy atom. The molecule has 2 amide bonds. The molecule has 0 radical (unpaired) electrons. The van der Waals surface area contributed by atoms with E-state index in [0.29, 0.717) is 19.0 Å². The molecule has 1 aromatic heterocycles. The molecule has 0 N–H and O–H groups in total.